The molecule has 0 saturated heterocycles. The van der Waals surface area contributed by atoms with Gasteiger partial charge in [0.1, 0.15) is 0 Å². The summed E-state index contributed by atoms with van der Waals surface area (Å²) in [6.07, 6.45) is 2.61. The van der Waals surface area contributed by atoms with E-state index in [2.05, 4.69) is 11.3 Å². The summed E-state index contributed by atoms with van der Waals surface area (Å²) in [4.78, 5) is 27.0. The molecule has 0 fully saturated rings. The predicted octanol–water partition coefficient (Wildman–Crippen LogP) is -0.781. The molecule has 2 aromatic rings. The van der Waals surface area contributed by atoms with E-state index in [0.717, 1.165) is 4.57 Å². The second kappa shape index (κ2) is 4.74. The average molecular weight is 274 g/mol. The van der Waals surface area contributed by atoms with Gasteiger partial charge in [0.15, 0.2) is 0 Å². The molecule has 6 nitrogen and oxygen atoms in total. The minimum absolute atomic E-state index is 0. The van der Waals surface area contributed by atoms with Crippen LogP contribution in [0.3, 0.4) is 0 Å². The first-order chi connectivity index (χ1) is 6.54. The van der Waals surface area contributed by atoms with Crippen molar-refractivity contribution in [1.29, 1.82) is 0 Å². The van der Waals surface area contributed by atoms with Gasteiger partial charge in [-0.2, -0.15) is 0 Å². The quantitative estimate of drug-likeness (QED) is 0.467. The Kier molecular flexibility index (Phi) is 4.38. The fraction of sp³-hybridized carbons (Fsp3) is 0.333. The molecule has 0 radical (unpaired) electrons. The molecule has 2 aromatic heterocycles. The van der Waals surface area contributed by atoms with Crippen molar-refractivity contribution >= 4 is 11.2 Å². The van der Waals surface area contributed by atoms with Crippen LogP contribution in [-0.4, -0.2) is 18.7 Å². The first-order valence-electron chi connectivity index (χ1n) is 4.04. The summed E-state index contributed by atoms with van der Waals surface area (Å²) < 4.78 is 3.86. The Labute approximate surface area is 105 Å². The molecule has 0 amide bonds. The fourth-order valence-electron chi connectivity index (χ4n) is 1.41. The molecule has 0 atom stereocenters. The molecule has 2 rings (SSSR count). The zero-order valence-electron chi connectivity index (χ0n) is 9.81. The molecular formula is C9H12N4O2Zn. The van der Waals surface area contributed by atoms with Gasteiger partial charge in [0.25, 0.3) is 0 Å². The van der Waals surface area contributed by atoms with E-state index in [1.807, 2.05) is 0 Å². The Bertz CT molecular complexity index is 623. The first kappa shape index (κ1) is 14.8. The zero-order valence-corrected chi connectivity index (χ0v) is 12.8. The van der Waals surface area contributed by atoms with E-state index in [1.54, 1.807) is 14.1 Å². The third-order valence-electron chi connectivity index (χ3n) is 2.25. The van der Waals surface area contributed by atoms with Crippen molar-refractivity contribution in [3.8, 4) is 0 Å². The van der Waals surface area contributed by atoms with E-state index in [9.17, 15) is 9.59 Å². The van der Waals surface area contributed by atoms with Crippen molar-refractivity contribution < 1.29 is 19.5 Å². The SMILES string of the molecule is Cn1c(=O)c2c(n[c-]n2C)n(C)c1=O.[CH3-].[Zn+2]. The van der Waals surface area contributed by atoms with Crippen LogP contribution in [0.5, 0.6) is 0 Å². The number of fused-ring (bicyclic) bond motifs is 1. The van der Waals surface area contributed by atoms with Crippen LogP contribution < -0.4 is 11.2 Å². The minimum atomic E-state index is -0.380. The van der Waals surface area contributed by atoms with Crippen molar-refractivity contribution in [3.05, 3.63) is 34.6 Å². The van der Waals surface area contributed by atoms with Gasteiger partial charge in [-0.1, -0.05) is 0 Å². The fourth-order valence-corrected chi connectivity index (χ4v) is 1.41. The third-order valence-corrected chi connectivity index (χ3v) is 2.25. The molecule has 0 aliphatic carbocycles. The molecule has 0 unspecified atom stereocenters. The van der Waals surface area contributed by atoms with Crippen LogP contribution in [0.25, 0.3) is 11.2 Å². The van der Waals surface area contributed by atoms with Gasteiger partial charge >= 0.3 is 25.2 Å². The summed E-state index contributed by atoms with van der Waals surface area (Å²) in [7, 11) is 4.68. The molecule has 0 bridgehead atoms. The summed E-state index contributed by atoms with van der Waals surface area (Å²) in [6, 6.07) is 0. The Morgan fingerprint density at radius 1 is 1.12 bits per heavy atom. The van der Waals surface area contributed by atoms with Crippen molar-refractivity contribution in [2.45, 2.75) is 0 Å². The van der Waals surface area contributed by atoms with Crippen LogP contribution >= 0.6 is 0 Å². The van der Waals surface area contributed by atoms with E-state index < -0.39 is 0 Å². The van der Waals surface area contributed by atoms with Crippen molar-refractivity contribution in [3.63, 3.8) is 0 Å². The molecule has 16 heavy (non-hydrogen) atoms. The molecule has 0 aliphatic heterocycles. The maximum atomic E-state index is 11.7. The number of aromatic nitrogens is 4. The predicted molar refractivity (Wildman–Crippen MR) is 56.4 cm³/mol. The van der Waals surface area contributed by atoms with E-state index >= 15 is 0 Å². The Morgan fingerprint density at radius 3 is 2.25 bits per heavy atom. The van der Waals surface area contributed by atoms with Gasteiger partial charge in [0.05, 0.1) is 0 Å². The van der Waals surface area contributed by atoms with E-state index in [1.165, 1.54) is 16.2 Å². The summed E-state index contributed by atoms with van der Waals surface area (Å²) >= 11 is 0. The second-order valence-electron chi connectivity index (χ2n) is 3.15. The topological polar surface area (TPSA) is 61.8 Å². The van der Waals surface area contributed by atoms with Crippen LogP contribution in [0.2, 0.25) is 0 Å². The van der Waals surface area contributed by atoms with E-state index in [0.29, 0.717) is 11.2 Å². The number of rotatable bonds is 0. The summed E-state index contributed by atoms with van der Waals surface area (Å²) in [6.45, 7) is 0. The summed E-state index contributed by atoms with van der Waals surface area (Å²) in [5, 5.41) is 0. The van der Waals surface area contributed by atoms with Crippen LogP contribution in [0, 0.1) is 13.8 Å². The van der Waals surface area contributed by atoms with Crippen LogP contribution in [-0.2, 0) is 40.6 Å². The zero-order chi connectivity index (χ0) is 10.5. The van der Waals surface area contributed by atoms with Gasteiger partial charge in [0, 0.05) is 26.1 Å². The number of nitrogens with zero attached hydrogens (tertiary/aromatic N) is 4. The monoisotopic (exact) mass is 272 g/mol. The van der Waals surface area contributed by atoms with Crippen molar-refractivity contribution in [1.82, 2.24) is 18.7 Å². The second-order valence-corrected chi connectivity index (χ2v) is 3.15. The van der Waals surface area contributed by atoms with Crippen LogP contribution in [0.1, 0.15) is 0 Å². The minimum Gasteiger partial charge on any atom is -0.444 e. The average Bonchev–Trinajstić information content (AvgIpc) is 2.54. The molecule has 7 heteroatoms. The van der Waals surface area contributed by atoms with Gasteiger partial charge in [-0.15, -0.1) is 0 Å². The standard InChI is InChI=1S/C8H9N4O2.CH3.Zn/c1-10-4-9-6-5(10)7(13)12(3)8(14)11(6)2;;/h1-3H3;1H3;/q2*-1;+2. The summed E-state index contributed by atoms with van der Waals surface area (Å²) in [5.74, 6) is 0. The van der Waals surface area contributed by atoms with Gasteiger partial charge in [0.2, 0.25) is 5.56 Å². The molecule has 2 heterocycles. The number of hydrogen-bond acceptors (Lipinski definition) is 3. The number of aryl methyl sites for hydroxylation is 2. The first-order valence-corrected chi connectivity index (χ1v) is 4.04. The molecule has 82 valence electrons. The maximum absolute atomic E-state index is 11.7. The van der Waals surface area contributed by atoms with Gasteiger partial charge in [-0.05, 0) is 12.6 Å². The molecular weight excluding hydrogens is 262 g/mol. The Hall–Kier alpha value is -1.23. The molecule has 0 N–H and O–H groups in total. The third kappa shape index (κ3) is 1.75. The smallest absolute Gasteiger partial charge is 0.444 e. The van der Waals surface area contributed by atoms with Gasteiger partial charge < -0.3 is 21.5 Å². The normalized spacial score (nSPS) is 9.69. The maximum Gasteiger partial charge on any atom is 2.00 e. The molecule has 0 aliphatic rings. The van der Waals surface area contributed by atoms with E-state index in [-0.39, 0.29) is 38.2 Å². The molecule has 0 saturated carbocycles. The Balaban J connectivity index is 0.00000112. The molecule has 0 spiro atoms. The largest absolute Gasteiger partial charge is 2.00 e. The van der Waals surface area contributed by atoms with Crippen molar-refractivity contribution in [2.24, 2.45) is 21.1 Å². The number of hydrogen-bond donors (Lipinski definition) is 0. The van der Waals surface area contributed by atoms with Gasteiger partial charge in [-0.3, -0.25) is 9.36 Å². The number of imidazole rings is 1. The summed E-state index contributed by atoms with van der Waals surface area (Å²) in [5.41, 5.74) is 0.0177. The van der Waals surface area contributed by atoms with E-state index in [4.69, 9.17) is 0 Å². The van der Waals surface area contributed by atoms with Crippen LogP contribution in [0.15, 0.2) is 9.59 Å². The van der Waals surface area contributed by atoms with Crippen molar-refractivity contribution in [2.75, 3.05) is 0 Å². The van der Waals surface area contributed by atoms with Gasteiger partial charge in [-0.25, -0.2) is 4.79 Å². The molecule has 0 aromatic carbocycles. The Morgan fingerprint density at radius 2 is 1.69 bits per heavy atom. The van der Waals surface area contributed by atoms with Crippen LogP contribution in [0.4, 0.5) is 0 Å².